The molecular formula is C10H15NO. The first-order valence-electron chi connectivity index (χ1n) is 5.08. The fraction of sp³-hybridized carbons (Fsp3) is 0.900. The van der Waals surface area contributed by atoms with Crippen molar-refractivity contribution in [2.24, 2.45) is 17.8 Å². The van der Waals surface area contributed by atoms with Gasteiger partial charge in [0.15, 0.2) is 0 Å². The maximum absolute atomic E-state index is 11.6. The van der Waals surface area contributed by atoms with Crippen LogP contribution in [0.15, 0.2) is 0 Å². The zero-order valence-electron chi connectivity index (χ0n) is 7.33. The first-order chi connectivity index (χ1) is 5.83. The van der Waals surface area contributed by atoms with Gasteiger partial charge >= 0.3 is 0 Å². The van der Waals surface area contributed by atoms with Crippen molar-refractivity contribution >= 4 is 5.78 Å². The summed E-state index contributed by atoms with van der Waals surface area (Å²) in [6, 6.07) is 0. The molecule has 1 aliphatic carbocycles. The van der Waals surface area contributed by atoms with Crippen molar-refractivity contribution in [3.05, 3.63) is 0 Å². The summed E-state index contributed by atoms with van der Waals surface area (Å²) in [7, 11) is 0. The Morgan fingerprint density at radius 2 is 2.17 bits per heavy atom. The van der Waals surface area contributed by atoms with Crippen molar-refractivity contribution in [3.63, 3.8) is 0 Å². The molecule has 0 radical (unpaired) electrons. The summed E-state index contributed by atoms with van der Waals surface area (Å²) >= 11 is 0. The van der Waals surface area contributed by atoms with Crippen LogP contribution in [0.2, 0.25) is 0 Å². The van der Waals surface area contributed by atoms with Crippen molar-refractivity contribution < 1.29 is 4.79 Å². The molecule has 66 valence electrons. The van der Waals surface area contributed by atoms with Gasteiger partial charge in [-0.05, 0) is 31.2 Å². The third kappa shape index (κ3) is 0.875. The van der Waals surface area contributed by atoms with Crippen molar-refractivity contribution in [1.82, 2.24) is 4.90 Å². The third-order valence-corrected chi connectivity index (χ3v) is 3.96. The van der Waals surface area contributed by atoms with E-state index in [0.717, 1.165) is 24.8 Å². The summed E-state index contributed by atoms with van der Waals surface area (Å²) in [5.74, 6) is 2.59. The highest BCUT2D eigenvalue weighted by Gasteiger charge is 2.43. The molecule has 0 aromatic carbocycles. The van der Waals surface area contributed by atoms with Crippen LogP contribution in [0, 0.1) is 17.8 Å². The number of ketones is 1. The SMILES string of the molecule is O=C1CC2CN3CCC2CC1C3. The van der Waals surface area contributed by atoms with E-state index in [2.05, 4.69) is 4.90 Å². The minimum atomic E-state index is 0.413. The number of piperidine rings is 1. The maximum atomic E-state index is 11.6. The van der Waals surface area contributed by atoms with Gasteiger partial charge in [-0.1, -0.05) is 0 Å². The molecule has 2 nitrogen and oxygen atoms in total. The van der Waals surface area contributed by atoms with Crippen molar-refractivity contribution in [2.45, 2.75) is 19.3 Å². The van der Waals surface area contributed by atoms with Gasteiger partial charge in [0.1, 0.15) is 5.78 Å². The van der Waals surface area contributed by atoms with Crippen LogP contribution in [0.5, 0.6) is 0 Å². The van der Waals surface area contributed by atoms with E-state index in [9.17, 15) is 4.79 Å². The Labute approximate surface area is 72.9 Å². The zero-order chi connectivity index (χ0) is 8.13. The quantitative estimate of drug-likeness (QED) is 0.532. The van der Waals surface area contributed by atoms with E-state index in [1.54, 1.807) is 0 Å². The normalized spacial score (nSPS) is 51.2. The highest BCUT2D eigenvalue weighted by atomic mass is 16.1. The summed E-state index contributed by atoms with van der Waals surface area (Å²) in [5.41, 5.74) is 0. The summed E-state index contributed by atoms with van der Waals surface area (Å²) in [6.45, 7) is 3.55. The lowest BCUT2D eigenvalue weighted by Crippen LogP contribution is -2.37. The molecule has 4 saturated heterocycles. The number of rotatable bonds is 0. The van der Waals surface area contributed by atoms with E-state index in [-0.39, 0.29) is 0 Å². The molecule has 4 aliphatic heterocycles. The Morgan fingerprint density at radius 1 is 1.25 bits per heavy atom. The van der Waals surface area contributed by atoms with Gasteiger partial charge in [-0.3, -0.25) is 4.79 Å². The third-order valence-electron chi connectivity index (χ3n) is 3.96. The maximum Gasteiger partial charge on any atom is 0.137 e. The average molecular weight is 165 g/mol. The minimum absolute atomic E-state index is 0.413. The second-order valence-electron chi connectivity index (χ2n) is 4.67. The fourth-order valence-electron chi connectivity index (χ4n) is 3.27. The topological polar surface area (TPSA) is 20.3 Å². The summed E-state index contributed by atoms with van der Waals surface area (Å²) < 4.78 is 0. The van der Waals surface area contributed by atoms with Crippen molar-refractivity contribution in [3.8, 4) is 0 Å². The number of carbonyl (C=O) groups is 1. The molecule has 5 aliphatic rings. The molecular weight excluding hydrogens is 150 g/mol. The second kappa shape index (κ2) is 2.32. The number of Topliss-reactive ketones (excluding diaryl/α,β-unsaturated/α-hetero) is 1. The molecule has 1 saturated carbocycles. The zero-order valence-corrected chi connectivity index (χ0v) is 7.33. The Kier molecular flexibility index (Phi) is 1.37. The van der Waals surface area contributed by atoms with Gasteiger partial charge in [-0.2, -0.15) is 0 Å². The highest BCUT2D eigenvalue weighted by Crippen LogP contribution is 2.41. The van der Waals surface area contributed by atoms with Crippen LogP contribution in [0.1, 0.15) is 19.3 Å². The molecule has 2 heteroatoms. The molecule has 4 bridgehead atoms. The lowest BCUT2D eigenvalue weighted by Gasteiger charge is -2.35. The number of hydrogen-bond acceptors (Lipinski definition) is 2. The molecule has 4 atom stereocenters. The molecule has 0 amide bonds. The van der Waals surface area contributed by atoms with Crippen LogP contribution < -0.4 is 0 Å². The van der Waals surface area contributed by atoms with Crippen LogP contribution >= 0.6 is 0 Å². The summed E-state index contributed by atoms with van der Waals surface area (Å²) in [6.07, 6.45) is 3.46. The second-order valence-corrected chi connectivity index (χ2v) is 4.67. The number of hydrogen-bond donors (Lipinski definition) is 0. The Hall–Kier alpha value is -0.370. The van der Waals surface area contributed by atoms with Crippen LogP contribution in [-0.4, -0.2) is 30.3 Å². The monoisotopic (exact) mass is 165 g/mol. The van der Waals surface area contributed by atoms with Gasteiger partial charge in [0, 0.05) is 25.4 Å². The Morgan fingerprint density at radius 3 is 3.08 bits per heavy atom. The molecule has 0 aromatic rings. The van der Waals surface area contributed by atoms with Crippen molar-refractivity contribution in [2.75, 3.05) is 19.6 Å². The first-order valence-corrected chi connectivity index (χ1v) is 5.08. The van der Waals surface area contributed by atoms with Crippen molar-refractivity contribution in [1.29, 1.82) is 0 Å². The van der Waals surface area contributed by atoms with Gasteiger partial charge in [-0.25, -0.2) is 0 Å². The van der Waals surface area contributed by atoms with Gasteiger partial charge in [0.2, 0.25) is 0 Å². The lowest BCUT2D eigenvalue weighted by molar-refractivity contribution is -0.126. The molecule has 5 rings (SSSR count). The highest BCUT2D eigenvalue weighted by molar-refractivity contribution is 5.82. The van der Waals surface area contributed by atoms with Gasteiger partial charge in [-0.15, -0.1) is 0 Å². The van der Waals surface area contributed by atoms with Gasteiger partial charge in [0.25, 0.3) is 0 Å². The predicted octanol–water partition coefficient (Wildman–Crippen LogP) is 0.917. The van der Waals surface area contributed by atoms with Crippen LogP contribution in [0.4, 0.5) is 0 Å². The molecule has 12 heavy (non-hydrogen) atoms. The van der Waals surface area contributed by atoms with E-state index in [0.29, 0.717) is 11.7 Å². The van der Waals surface area contributed by atoms with E-state index in [1.807, 2.05) is 0 Å². The molecule has 5 fully saturated rings. The lowest BCUT2D eigenvalue weighted by atomic mass is 9.73. The van der Waals surface area contributed by atoms with Gasteiger partial charge < -0.3 is 4.90 Å². The van der Waals surface area contributed by atoms with Crippen LogP contribution in [0.3, 0.4) is 0 Å². The fourth-order valence-corrected chi connectivity index (χ4v) is 3.27. The molecule has 4 unspecified atom stereocenters. The summed E-state index contributed by atoms with van der Waals surface area (Å²) in [5, 5.41) is 0. The summed E-state index contributed by atoms with van der Waals surface area (Å²) in [4.78, 5) is 14.1. The minimum Gasteiger partial charge on any atom is -0.302 e. The Bertz CT molecular complexity index is 224. The smallest absolute Gasteiger partial charge is 0.137 e. The largest absolute Gasteiger partial charge is 0.302 e. The van der Waals surface area contributed by atoms with Crippen LogP contribution in [-0.2, 0) is 4.79 Å². The van der Waals surface area contributed by atoms with Crippen LogP contribution in [0.25, 0.3) is 0 Å². The standard InChI is InChI=1S/C10H15NO/c12-10-4-8-5-11-2-1-7(8)3-9(10)6-11/h7-9H,1-6H2. The Balaban J connectivity index is 1.97. The predicted molar refractivity (Wildman–Crippen MR) is 45.8 cm³/mol. The number of nitrogens with zero attached hydrogens (tertiary/aromatic N) is 1. The molecule has 0 N–H and O–H groups in total. The average Bonchev–Trinajstić information content (AvgIpc) is 2.38. The van der Waals surface area contributed by atoms with Gasteiger partial charge in [0.05, 0.1) is 0 Å². The molecule has 0 spiro atoms. The first kappa shape index (κ1) is 7.07. The number of carbonyl (C=O) groups excluding carboxylic acids is 1. The van der Waals surface area contributed by atoms with E-state index >= 15 is 0 Å². The van der Waals surface area contributed by atoms with E-state index < -0.39 is 0 Å². The van der Waals surface area contributed by atoms with E-state index in [1.165, 1.54) is 25.9 Å². The molecule has 4 heterocycles. The van der Waals surface area contributed by atoms with E-state index in [4.69, 9.17) is 0 Å². The number of fused-ring (bicyclic) bond motifs is 2. The molecule has 0 aromatic heterocycles.